The summed E-state index contributed by atoms with van der Waals surface area (Å²) in [6, 6.07) is 6.38. The molecule has 11 heteroatoms. The molecular weight excluding hydrogens is 494 g/mol. The van der Waals surface area contributed by atoms with Crippen LogP contribution < -0.4 is 9.62 Å². The van der Waals surface area contributed by atoms with Gasteiger partial charge in [-0.2, -0.15) is 26.3 Å². The van der Waals surface area contributed by atoms with Gasteiger partial charge in [0.15, 0.2) is 0 Å². The Kier molecular flexibility index (Phi) is 5.99. The van der Waals surface area contributed by atoms with Crippen molar-refractivity contribution in [3.05, 3.63) is 58.7 Å². The average Bonchev–Trinajstić information content (AvgIpc) is 3.06. The van der Waals surface area contributed by atoms with Crippen molar-refractivity contribution in [1.82, 2.24) is 5.32 Å². The molecule has 2 heterocycles. The SMILES string of the molecule is CC(C)(C)c1ccc2c(c1)C1(CCNCC1)CN2S(=O)(=O)c1c(C(F)(F)F)cccc1C(F)(F)F. The number of alkyl halides is 6. The molecule has 0 radical (unpaired) electrons. The highest BCUT2D eigenvalue weighted by Crippen LogP contribution is 2.51. The predicted octanol–water partition coefficient (Wildman–Crippen LogP) is 5.85. The molecular formula is C24H26F6N2O2S. The lowest BCUT2D eigenvalue weighted by molar-refractivity contribution is -0.147. The van der Waals surface area contributed by atoms with Crippen LogP contribution in [0.25, 0.3) is 0 Å². The van der Waals surface area contributed by atoms with Crippen molar-refractivity contribution >= 4 is 15.7 Å². The van der Waals surface area contributed by atoms with Gasteiger partial charge in [-0.15, -0.1) is 0 Å². The first-order valence-corrected chi connectivity index (χ1v) is 12.6. The zero-order chi connectivity index (χ0) is 26.0. The van der Waals surface area contributed by atoms with Crippen molar-refractivity contribution in [2.45, 2.75) is 61.7 Å². The van der Waals surface area contributed by atoms with Crippen LogP contribution in [0.15, 0.2) is 41.3 Å². The molecule has 1 saturated heterocycles. The number of rotatable bonds is 2. The molecule has 0 bridgehead atoms. The Morgan fingerprint density at radius 3 is 1.91 bits per heavy atom. The summed E-state index contributed by atoms with van der Waals surface area (Å²) in [7, 11) is -5.23. The third-order valence-electron chi connectivity index (χ3n) is 6.88. The van der Waals surface area contributed by atoms with E-state index in [1.807, 2.05) is 26.8 Å². The second-order valence-electron chi connectivity index (χ2n) is 10.2. The van der Waals surface area contributed by atoms with Gasteiger partial charge < -0.3 is 5.32 Å². The van der Waals surface area contributed by atoms with E-state index in [9.17, 15) is 34.8 Å². The Bertz CT molecular complexity index is 1210. The smallest absolute Gasteiger partial charge is 0.317 e. The number of hydrogen-bond donors (Lipinski definition) is 1. The van der Waals surface area contributed by atoms with Gasteiger partial charge in [0.25, 0.3) is 10.0 Å². The van der Waals surface area contributed by atoms with Crippen molar-refractivity contribution in [3.8, 4) is 0 Å². The first kappa shape index (κ1) is 25.8. The van der Waals surface area contributed by atoms with E-state index in [1.54, 1.807) is 6.07 Å². The molecule has 2 aliphatic heterocycles. The summed E-state index contributed by atoms with van der Waals surface area (Å²) in [6.45, 7) is 6.82. The third kappa shape index (κ3) is 4.41. The fraction of sp³-hybridized carbons (Fsp3) is 0.500. The van der Waals surface area contributed by atoms with Crippen molar-refractivity contribution < 1.29 is 34.8 Å². The third-order valence-corrected chi connectivity index (χ3v) is 8.75. The van der Waals surface area contributed by atoms with Gasteiger partial charge in [-0.25, -0.2) is 8.42 Å². The molecule has 0 unspecified atom stereocenters. The average molecular weight is 521 g/mol. The van der Waals surface area contributed by atoms with Crippen LogP contribution in [-0.4, -0.2) is 28.1 Å². The van der Waals surface area contributed by atoms with E-state index in [0.717, 1.165) is 9.87 Å². The summed E-state index contributed by atoms with van der Waals surface area (Å²) < 4.78 is 111. The monoisotopic (exact) mass is 520 g/mol. The molecule has 0 aromatic heterocycles. The predicted molar refractivity (Wildman–Crippen MR) is 120 cm³/mol. The van der Waals surface area contributed by atoms with E-state index in [0.29, 0.717) is 49.7 Å². The number of piperidine rings is 1. The maximum atomic E-state index is 13.8. The minimum atomic E-state index is -5.30. The summed E-state index contributed by atoms with van der Waals surface area (Å²) in [5, 5.41) is 3.19. The van der Waals surface area contributed by atoms with Gasteiger partial charge in [0.05, 0.1) is 16.8 Å². The van der Waals surface area contributed by atoms with Gasteiger partial charge in [-0.1, -0.05) is 39.0 Å². The van der Waals surface area contributed by atoms with Crippen LogP contribution in [0, 0.1) is 0 Å². The highest BCUT2D eigenvalue weighted by molar-refractivity contribution is 7.93. The fourth-order valence-electron chi connectivity index (χ4n) is 5.01. The molecule has 192 valence electrons. The van der Waals surface area contributed by atoms with Gasteiger partial charge >= 0.3 is 12.4 Å². The number of halogens is 6. The highest BCUT2D eigenvalue weighted by Gasteiger charge is 2.52. The van der Waals surface area contributed by atoms with Crippen LogP contribution >= 0.6 is 0 Å². The Morgan fingerprint density at radius 1 is 0.886 bits per heavy atom. The Hall–Kier alpha value is -2.27. The number of benzene rings is 2. The van der Waals surface area contributed by atoms with Gasteiger partial charge in [0.2, 0.25) is 0 Å². The van der Waals surface area contributed by atoms with Gasteiger partial charge in [-0.3, -0.25) is 4.31 Å². The van der Waals surface area contributed by atoms with E-state index in [2.05, 4.69) is 5.32 Å². The summed E-state index contributed by atoms with van der Waals surface area (Å²) in [6.07, 6.45) is -9.58. The van der Waals surface area contributed by atoms with Crippen molar-refractivity contribution in [2.75, 3.05) is 23.9 Å². The number of nitrogens with one attached hydrogen (secondary N) is 1. The molecule has 0 aliphatic carbocycles. The van der Waals surface area contributed by atoms with Crippen molar-refractivity contribution in [2.24, 2.45) is 0 Å². The fourth-order valence-corrected chi connectivity index (χ4v) is 6.99. The lowest BCUT2D eigenvalue weighted by atomic mass is 9.73. The molecule has 35 heavy (non-hydrogen) atoms. The number of fused-ring (bicyclic) bond motifs is 2. The lowest BCUT2D eigenvalue weighted by Gasteiger charge is -2.35. The maximum Gasteiger partial charge on any atom is 0.417 e. The zero-order valence-electron chi connectivity index (χ0n) is 19.4. The van der Waals surface area contributed by atoms with Crippen LogP contribution in [0.4, 0.5) is 32.0 Å². The van der Waals surface area contributed by atoms with Crippen LogP contribution in [0.1, 0.15) is 55.9 Å². The van der Waals surface area contributed by atoms with Crippen LogP contribution in [-0.2, 0) is 33.2 Å². The quantitative estimate of drug-likeness (QED) is 0.506. The maximum absolute atomic E-state index is 13.8. The van der Waals surface area contributed by atoms with E-state index in [-0.39, 0.29) is 17.6 Å². The molecule has 1 N–H and O–H groups in total. The topological polar surface area (TPSA) is 49.4 Å². The number of anilines is 1. The van der Waals surface area contributed by atoms with Gasteiger partial charge in [0.1, 0.15) is 4.90 Å². The minimum absolute atomic E-state index is 0.130. The Morgan fingerprint density at radius 2 is 1.43 bits per heavy atom. The summed E-state index contributed by atoms with van der Waals surface area (Å²) in [5.74, 6) is 0. The van der Waals surface area contributed by atoms with Crippen LogP contribution in [0.5, 0.6) is 0 Å². The molecule has 1 spiro atoms. The van der Waals surface area contributed by atoms with Crippen LogP contribution in [0.3, 0.4) is 0 Å². The first-order chi connectivity index (χ1) is 16.0. The van der Waals surface area contributed by atoms with Crippen molar-refractivity contribution in [1.29, 1.82) is 0 Å². The normalized spacial score (nSPS) is 18.7. The van der Waals surface area contributed by atoms with Crippen molar-refractivity contribution in [3.63, 3.8) is 0 Å². The number of hydrogen-bond acceptors (Lipinski definition) is 3. The van der Waals surface area contributed by atoms with Crippen LogP contribution in [0.2, 0.25) is 0 Å². The zero-order valence-corrected chi connectivity index (χ0v) is 20.3. The van der Waals surface area contributed by atoms with Gasteiger partial charge in [0, 0.05) is 12.0 Å². The standard InChI is InChI=1S/C24H26F6N2O2S/c1-21(2,3)15-7-8-19-18(13-15)22(9-11-31-12-10-22)14-32(19)35(33,34)20-16(23(25,26)27)5-4-6-17(20)24(28,29)30/h4-8,13,31H,9-12,14H2,1-3H3. The molecule has 0 amide bonds. The Labute approximate surface area is 200 Å². The number of nitrogens with zero attached hydrogens (tertiary/aromatic N) is 1. The minimum Gasteiger partial charge on any atom is -0.317 e. The van der Waals surface area contributed by atoms with E-state index in [4.69, 9.17) is 0 Å². The van der Waals surface area contributed by atoms with E-state index in [1.165, 1.54) is 6.07 Å². The summed E-state index contributed by atoms with van der Waals surface area (Å²) in [4.78, 5) is -1.75. The molecule has 4 rings (SSSR count). The lowest BCUT2D eigenvalue weighted by Crippen LogP contribution is -2.44. The first-order valence-electron chi connectivity index (χ1n) is 11.1. The van der Waals surface area contributed by atoms with Gasteiger partial charge in [-0.05, 0) is 60.7 Å². The molecule has 4 nitrogen and oxygen atoms in total. The molecule has 2 aliphatic rings. The highest BCUT2D eigenvalue weighted by atomic mass is 32.2. The second-order valence-corrected chi connectivity index (χ2v) is 12.0. The number of sulfonamides is 1. The molecule has 0 atom stereocenters. The molecule has 1 fully saturated rings. The molecule has 2 aromatic carbocycles. The molecule has 2 aromatic rings. The second kappa shape index (κ2) is 8.12. The Balaban J connectivity index is 1.97. The summed E-state index contributed by atoms with van der Waals surface area (Å²) in [5.41, 5.74) is -2.97. The molecule has 0 saturated carbocycles. The van der Waals surface area contributed by atoms with E-state index < -0.39 is 43.8 Å². The summed E-state index contributed by atoms with van der Waals surface area (Å²) >= 11 is 0. The largest absolute Gasteiger partial charge is 0.417 e. The van der Waals surface area contributed by atoms with E-state index >= 15 is 0 Å².